The van der Waals surface area contributed by atoms with Gasteiger partial charge in [-0.15, -0.1) is 0 Å². The van der Waals surface area contributed by atoms with Gasteiger partial charge in [0.15, 0.2) is 6.29 Å². The largest absolute Gasteiger partial charge is 0.368 e. The summed E-state index contributed by atoms with van der Waals surface area (Å²) in [4.78, 5) is 0. The molecular formula is C25H44O2. The van der Waals surface area contributed by atoms with E-state index in [1.54, 1.807) is 0 Å². The number of hydrogen-bond donors (Lipinski definition) is 2. The normalized spacial score (nSPS) is 10.4. The first-order valence-corrected chi connectivity index (χ1v) is 11.6. The van der Waals surface area contributed by atoms with Crippen LogP contribution in [0.1, 0.15) is 129 Å². The minimum atomic E-state index is -1.13. The zero-order chi connectivity index (χ0) is 19.8. The summed E-state index contributed by atoms with van der Waals surface area (Å²) in [5.74, 6) is 12.3. The molecule has 0 bridgehead atoms. The highest BCUT2D eigenvalue weighted by atomic mass is 16.5. The summed E-state index contributed by atoms with van der Waals surface area (Å²) in [6.07, 6.45) is 21.8. The first-order chi connectivity index (χ1) is 13.3. The molecular weight excluding hydrogens is 332 g/mol. The van der Waals surface area contributed by atoms with Gasteiger partial charge < -0.3 is 10.2 Å². The summed E-state index contributed by atoms with van der Waals surface area (Å²) < 4.78 is 0. The molecule has 0 saturated carbocycles. The molecule has 27 heavy (non-hydrogen) atoms. The van der Waals surface area contributed by atoms with Gasteiger partial charge in [0.1, 0.15) is 0 Å². The van der Waals surface area contributed by atoms with Crippen LogP contribution >= 0.6 is 0 Å². The third kappa shape index (κ3) is 25.0. The fraction of sp³-hybridized carbons (Fsp3) is 0.840. The van der Waals surface area contributed by atoms with Crippen molar-refractivity contribution < 1.29 is 10.2 Å². The molecule has 0 aliphatic heterocycles. The summed E-state index contributed by atoms with van der Waals surface area (Å²) in [7, 11) is 0. The van der Waals surface area contributed by atoms with E-state index < -0.39 is 6.29 Å². The van der Waals surface area contributed by atoms with Crippen molar-refractivity contribution in [1.29, 1.82) is 0 Å². The van der Waals surface area contributed by atoms with Gasteiger partial charge in [0, 0.05) is 12.8 Å². The molecule has 0 aliphatic carbocycles. The molecule has 156 valence electrons. The summed E-state index contributed by atoms with van der Waals surface area (Å²) in [6.45, 7) is 2.27. The molecule has 0 atom stereocenters. The van der Waals surface area contributed by atoms with Crippen molar-refractivity contribution >= 4 is 0 Å². The number of aliphatic hydroxyl groups excluding tert-OH is 1. The van der Waals surface area contributed by atoms with E-state index in [-0.39, 0.29) is 0 Å². The van der Waals surface area contributed by atoms with E-state index in [4.69, 9.17) is 10.2 Å². The number of rotatable bonds is 18. The maximum absolute atomic E-state index is 8.75. The third-order valence-electron chi connectivity index (χ3n) is 4.91. The average molecular weight is 377 g/mol. The number of aliphatic hydroxyl groups is 2. The maximum Gasteiger partial charge on any atom is 0.151 e. The summed E-state index contributed by atoms with van der Waals surface area (Å²) in [6, 6.07) is 0. The zero-order valence-corrected chi connectivity index (χ0v) is 17.9. The second kappa shape index (κ2) is 23.1. The Bertz CT molecular complexity index is 406. The molecule has 0 spiro atoms. The fourth-order valence-corrected chi connectivity index (χ4v) is 3.16. The summed E-state index contributed by atoms with van der Waals surface area (Å²) in [5.41, 5.74) is 0. The highest BCUT2D eigenvalue weighted by Crippen LogP contribution is 2.11. The summed E-state index contributed by atoms with van der Waals surface area (Å²) in [5, 5.41) is 17.5. The fourth-order valence-electron chi connectivity index (χ4n) is 3.16. The molecule has 0 aliphatic rings. The Morgan fingerprint density at radius 2 is 0.889 bits per heavy atom. The molecule has 0 aromatic carbocycles. The molecule has 0 aromatic heterocycles. The first-order valence-electron chi connectivity index (χ1n) is 11.6. The minimum absolute atomic E-state index is 0.503. The van der Waals surface area contributed by atoms with Gasteiger partial charge in [0.25, 0.3) is 0 Å². The molecule has 0 radical (unpaired) electrons. The van der Waals surface area contributed by atoms with Crippen molar-refractivity contribution in [1.82, 2.24) is 0 Å². The lowest BCUT2D eigenvalue weighted by atomic mass is 10.1. The second-order valence-corrected chi connectivity index (χ2v) is 7.68. The van der Waals surface area contributed by atoms with Gasteiger partial charge in [-0.05, 0) is 37.5 Å². The molecule has 2 nitrogen and oxygen atoms in total. The second-order valence-electron chi connectivity index (χ2n) is 7.68. The van der Waals surface area contributed by atoms with Crippen molar-refractivity contribution in [2.45, 2.75) is 135 Å². The molecule has 0 unspecified atom stereocenters. The Morgan fingerprint density at radius 1 is 0.519 bits per heavy atom. The molecule has 0 saturated heterocycles. The van der Waals surface area contributed by atoms with Crippen LogP contribution in [0, 0.1) is 23.7 Å². The Labute approximate surface area is 169 Å². The standard InChI is InChI=1S/C25H44O2/c1-2-3-4-5-6-7-8-9-10-11-12-13-14-15-16-17-18-19-20-21-22-23-24-25(26)27/h25-27H,2-12,17-24H2,1H3. The average Bonchev–Trinajstić information content (AvgIpc) is 2.65. The van der Waals surface area contributed by atoms with E-state index >= 15 is 0 Å². The van der Waals surface area contributed by atoms with Crippen LogP contribution in [-0.4, -0.2) is 16.5 Å². The number of hydrogen-bond acceptors (Lipinski definition) is 2. The van der Waals surface area contributed by atoms with Crippen LogP contribution in [-0.2, 0) is 0 Å². The van der Waals surface area contributed by atoms with Gasteiger partial charge in [0.2, 0.25) is 0 Å². The van der Waals surface area contributed by atoms with Crippen molar-refractivity contribution in [2.24, 2.45) is 0 Å². The minimum Gasteiger partial charge on any atom is -0.368 e. The topological polar surface area (TPSA) is 40.5 Å². The molecule has 0 fully saturated rings. The Kier molecular flexibility index (Phi) is 22.3. The Balaban J connectivity index is 3.24. The van der Waals surface area contributed by atoms with Crippen molar-refractivity contribution in [3.63, 3.8) is 0 Å². The van der Waals surface area contributed by atoms with Gasteiger partial charge in [-0.3, -0.25) is 0 Å². The number of unbranched alkanes of at least 4 members (excludes halogenated alkanes) is 16. The Hall–Kier alpha value is -0.960. The van der Waals surface area contributed by atoms with Crippen LogP contribution in [0.25, 0.3) is 0 Å². The van der Waals surface area contributed by atoms with Crippen LogP contribution in [0.2, 0.25) is 0 Å². The smallest absolute Gasteiger partial charge is 0.151 e. The van der Waals surface area contributed by atoms with Crippen molar-refractivity contribution in [3.05, 3.63) is 0 Å². The predicted molar refractivity (Wildman–Crippen MR) is 117 cm³/mol. The van der Waals surface area contributed by atoms with E-state index in [0.29, 0.717) is 6.42 Å². The summed E-state index contributed by atoms with van der Waals surface area (Å²) >= 11 is 0. The van der Waals surface area contributed by atoms with Crippen LogP contribution < -0.4 is 0 Å². The van der Waals surface area contributed by atoms with Gasteiger partial charge in [0.05, 0.1) is 0 Å². The van der Waals surface area contributed by atoms with E-state index in [1.807, 2.05) is 0 Å². The SMILES string of the molecule is CCCCCCCCCCCCC#CC#CCCCCCCCCC(O)O. The van der Waals surface area contributed by atoms with Gasteiger partial charge in [-0.25, -0.2) is 0 Å². The van der Waals surface area contributed by atoms with Crippen LogP contribution in [0.15, 0.2) is 0 Å². The van der Waals surface area contributed by atoms with Crippen LogP contribution in [0.3, 0.4) is 0 Å². The lowest BCUT2D eigenvalue weighted by Crippen LogP contribution is -2.02. The molecule has 2 N–H and O–H groups in total. The highest BCUT2D eigenvalue weighted by molar-refractivity contribution is 5.25. The van der Waals surface area contributed by atoms with Crippen LogP contribution in [0.4, 0.5) is 0 Å². The van der Waals surface area contributed by atoms with E-state index in [1.165, 1.54) is 83.5 Å². The quantitative estimate of drug-likeness (QED) is 0.158. The van der Waals surface area contributed by atoms with Crippen LogP contribution in [0.5, 0.6) is 0 Å². The zero-order valence-electron chi connectivity index (χ0n) is 17.9. The molecule has 2 heteroatoms. The predicted octanol–water partition coefficient (Wildman–Crippen LogP) is 6.74. The monoisotopic (exact) mass is 376 g/mol. The van der Waals surface area contributed by atoms with Gasteiger partial charge in [-0.2, -0.15) is 0 Å². The molecule has 0 rings (SSSR count). The lowest BCUT2D eigenvalue weighted by molar-refractivity contribution is -0.0466. The molecule has 0 aromatic rings. The first kappa shape index (κ1) is 26.0. The van der Waals surface area contributed by atoms with Crippen molar-refractivity contribution in [3.8, 4) is 23.7 Å². The lowest BCUT2D eigenvalue weighted by Gasteiger charge is -2.02. The third-order valence-corrected chi connectivity index (χ3v) is 4.91. The Morgan fingerprint density at radius 3 is 1.30 bits per heavy atom. The highest BCUT2D eigenvalue weighted by Gasteiger charge is 1.96. The van der Waals surface area contributed by atoms with Gasteiger partial charge in [-0.1, -0.05) is 102 Å². The van der Waals surface area contributed by atoms with E-state index in [2.05, 4.69) is 30.6 Å². The molecule has 0 heterocycles. The van der Waals surface area contributed by atoms with E-state index in [0.717, 1.165) is 32.1 Å². The molecule has 0 amide bonds. The van der Waals surface area contributed by atoms with Gasteiger partial charge >= 0.3 is 0 Å². The van der Waals surface area contributed by atoms with Crippen molar-refractivity contribution in [2.75, 3.05) is 0 Å². The van der Waals surface area contributed by atoms with E-state index in [9.17, 15) is 0 Å². The maximum atomic E-state index is 8.75.